The average molecular weight is 394 g/mol. The molecule has 1 fully saturated rings. The van der Waals surface area contributed by atoms with Crippen LogP contribution in [0, 0.1) is 0 Å². The van der Waals surface area contributed by atoms with Gasteiger partial charge < -0.3 is 15.0 Å². The van der Waals surface area contributed by atoms with E-state index in [1.165, 1.54) is 23.3 Å². The van der Waals surface area contributed by atoms with Gasteiger partial charge in [0.2, 0.25) is 0 Å². The highest BCUT2D eigenvalue weighted by molar-refractivity contribution is 5.97. The van der Waals surface area contributed by atoms with Crippen molar-refractivity contribution in [3.8, 4) is 5.75 Å². The van der Waals surface area contributed by atoms with Gasteiger partial charge in [-0.15, -0.1) is 5.10 Å². The minimum Gasteiger partial charge on any atom is -0.497 e. The molecule has 4 rings (SSSR count). The van der Waals surface area contributed by atoms with Gasteiger partial charge in [0.15, 0.2) is 0 Å². The topological polar surface area (TPSA) is 73.5 Å². The molecule has 0 aliphatic carbocycles. The number of methoxy groups -OCH3 is 1. The molecule has 1 amide bonds. The summed E-state index contributed by atoms with van der Waals surface area (Å²) in [6.07, 6.45) is 2.47. The van der Waals surface area contributed by atoms with E-state index < -0.39 is 0 Å². The Kier molecular flexibility index (Phi) is 5.76. The first-order valence-electron chi connectivity index (χ1n) is 10.3. The molecule has 152 valence electrons. The SMILES string of the molecule is CCn1nnc2cc(C(=O)NC[C@H](c3ccc(OC)cc3)[NH+]3CCCC3)ccc21. The molecule has 0 bridgehead atoms. The van der Waals surface area contributed by atoms with Gasteiger partial charge in [0.1, 0.15) is 17.3 Å². The van der Waals surface area contributed by atoms with Crippen LogP contribution in [0.3, 0.4) is 0 Å². The molecule has 0 spiro atoms. The summed E-state index contributed by atoms with van der Waals surface area (Å²) in [5.41, 5.74) is 3.54. The standard InChI is InChI=1S/C22H27N5O2/c1-3-27-20-11-8-17(14-19(20)24-25-27)22(28)23-15-21(26-12-4-5-13-26)16-6-9-18(29-2)10-7-16/h6-11,14,21H,3-5,12-13,15H2,1-2H3,(H,23,28)/p+1/t21-/m1/s1. The van der Waals surface area contributed by atoms with Crippen LogP contribution in [0.5, 0.6) is 5.75 Å². The number of rotatable bonds is 7. The molecule has 2 aromatic carbocycles. The summed E-state index contributed by atoms with van der Waals surface area (Å²) < 4.78 is 7.11. The van der Waals surface area contributed by atoms with Crippen LogP contribution in [0.25, 0.3) is 11.0 Å². The van der Waals surface area contributed by atoms with E-state index in [4.69, 9.17) is 4.74 Å². The minimum absolute atomic E-state index is 0.0740. The molecule has 2 heterocycles. The molecule has 1 aliphatic rings. The number of benzene rings is 2. The number of aromatic nitrogens is 3. The normalized spacial score (nSPS) is 15.5. The Balaban J connectivity index is 1.49. The maximum Gasteiger partial charge on any atom is 0.251 e. The smallest absolute Gasteiger partial charge is 0.251 e. The maximum absolute atomic E-state index is 12.8. The molecule has 29 heavy (non-hydrogen) atoms. The molecule has 1 aliphatic heterocycles. The number of aryl methyl sites for hydroxylation is 1. The fourth-order valence-electron chi connectivity index (χ4n) is 4.16. The number of hydrogen-bond donors (Lipinski definition) is 2. The maximum atomic E-state index is 12.8. The van der Waals surface area contributed by atoms with Crippen molar-refractivity contribution in [1.82, 2.24) is 20.3 Å². The third-order valence-corrected chi connectivity index (χ3v) is 5.80. The van der Waals surface area contributed by atoms with Gasteiger partial charge >= 0.3 is 0 Å². The van der Waals surface area contributed by atoms with Gasteiger partial charge in [-0.3, -0.25) is 4.79 Å². The third kappa shape index (κ3) is 4.10. The van der Waals surface area contributed by atoms with Crippen LogP contribution >= 0.6 is 0 Å². The van der Waals surface area contributed by atoms with Crippen molar-refractivity contribution in [2.75, 3.05) is 26.7 Å². The third-order valence-electron chi connectivity index (χ3n) is 5.80. The van der Waals surface area contributed by atoms with Gasteiger partial charge in [-0.25, -0.2) is 4.68 Å². The summed E-state index contributed by atoms with van der Waals surface area (Å²) in [4.78, 5) is 14.3. The fourth-order valence-corrected chi connectivity index (χ4v) is 4.16. The number of ether oxygens (including phenoxy) is 1. The quantitative estimate of drug-likeness (QED) is 0.639. The summed E-state index contributed by atoms with van der Waals surface area (Å²) in [6.45, 7) is 5.65. The van der Waals surface area contributed by atoms with Crippen LogP contribution in [-0.4, -0.2) is 47.6 Å². The molecule has 1 atom stereocenters. The van der Waals surface area contributed by atoms with E-state index in [0.717, 1.165) is 36.4 Å². The number of carbonyl (C=O) groups excluding carboxylic acids is 1. The largest absolute Gasteiger partial charge is 0.497 e. The molecule has 3 aromatic rings. The highest BCUT2D eigenvalue weighted by Gasteiger charge is 2.28. The van der Waals surface area contributed by atoms with E-state index in [9.17, 15) is 4.79 Å². The van der Waals surface area contributed by atoms with E-state index in [1.54, 1.807) is 7.11 Å². The van der Waals surface area contributed by atoms with Gasteiger partial charge in [-0.05, 0) is 49.4 Å². The van der Waals surface area contributed by atoms with Gasteiger partial charge in [-0.1, -0.05) is 5.21 Å². The zero-order chi connectivity index (χ0) is 20.2. The summed E-state index contributed by atoms with van der Waals surface area (Å²) in [5, 5.41) is 11.4. The van der Waals surface area contributed by atoms with Crippen LogP contribution in [0.2, 0.25) is 0 Å². The van der Waals surface area contributed by atoms with E-state index in [2.05, 4.69) is 27.8 Å². The molecule has 0 radical (unpaired) electrons. The number of nitrogens with one attached hydrogen (secondary N) is 2. The summed E-state index contributed by atoms with van der Waals surface area (Å²) in [7, 11) is 1.67. The Bertz CT molecular complexity index is 977. The van der Waals surface area contributed by atoms with Crippen molar-refractivity contribution in [3.05, 3.63) is 53.6 Å². The van der Waals surface area contributed by atoms with Crippen LogP contribution < -0.4 is 15.0 Å². The van der Waals surface area contributed by atoms with Crippen molar-refractivity contribution in [2.24, 2.45) is 0 Å². The van der Waals surface area contributed by atoms with E-state index in [1.807, 2.05) is 41.9 Å². The Hall–Kier alpha value is -2.93. The van der Waals surface area contributed by atoms with Crippen LogP contribution in [0.15, 0.2) is 42.5 Å². The molecular formula is C22H28N5O2+. The van der Waals surface area contributed by atoms with E-state index in [0.29, 0.717) is 12.1 Å². The molecule has 2 N–H and O–H groups in total. The van der Waals surface area contributed by atoms with Crippen molar-refractivity contribution in [1.29, 1.82) is 0 Å². The lowest BCUT2D eigenvalue weighted by atomic mass is 10.0. The first kappa shape index (κ1) is 19.4. The monoisotopic (exact) mass is 394 g/mol. The van der Waals surface area contributed by atoms with Gasteiger partial charge in [-0.2, -0.15) is 0 Å². The van der Waals surface area contributed by atoms with Gasteiger partial charge in [0.25, 0.3) is 5.91 Å². The second kappa shape index (κ2) is 8.61. The number of likely N-dealkylation sites (tertiary alicyclic amines) is 1. The molecule has 1 saturated heterocycles. The average Bonchev–Trinajstić information content (AvgIpc) is 3.43. The number of carbonyl (C=O) groups is 1. The molecular weight excluding hydrogens is 366 g/mol. The van der Waals surface area contributed by atoms with E-state index in [-0.39, 0.29) is 11.9 Å². The predicted octanol–water partition coefficient (Wildman–Crippen LogP) is 1.61. The lowest BCUT2D eigenvalue weighted by Crippen LogP contribution is -3.11. The molecule has 0 saturated carbocycles. The molecule has 1 aromatic heterocycles. The lowest BCUT2D eigenvalue weighted by molar-refractivity contribution is -0.918. The van der Waals surface area contributed by atoms with E-state index >= 15 is 0 Å². The zero-order valence-electron chi connectivity index (χ0n) is 17.0. The predicted molar refractivity (Wildman–Crippen MR) is 111 cm³/mol. The second-order valence-electron chi connectivity index (χ2n) is 7.51. The van der Waals surface area contributed by atoms with Gasteiger partial charge in [0.05, 0.1) is 32.3 Å². The van der Waals surface area contributed by atoms with Crippen LogP contribution in [0.1, 0.15) is 41.7 Å². The Morgan fingerprint density at radius 1 is 1.21 bits per heavy atom. The first-order chi connectivity index (χ1) is 14.2. The number of quaternary nitrogens is 1. The van der Waals surface area contributed by atoms with Crippen molar-refractivity contribution in [2.45, 2.75) is 32.4 Å². The molecule has 0 unspecified atom stereocenters. The van der Waals surface area contributed by atoms with Crippen LogP contribution in [0.4, 0.5) is 0 Å². The van der Waals surface area contributed by atoms with Crippen molar-refractivity contribution < 1.29 is 14.4 Å². The lowest BCUT2D eigenvalue weighted by Gasteiger charge is -2.25. The summed E-state index contributed by atoms with van der Waals surface area (Å²) in [6, 6.07) is 14.0. The Labute approximate surface area is 170 Å². The fraction of sp³-hybridized carbons (Fsp3) is 0.409. The summed E-state index contributed by atoms with van der Waals surface area (Å²) >= 11 is 0. The van der Waals surface area contributed by atoms with Crippen molar-refractivity contribution in [3.63, 3.8) is 0 Å². The second-order valence-corrected chi connectivity index (χ2v) is 7.51. The first-order valence-corrected chi connectivity index (χ1v) is 10.3. The van der Waals surface area contributed by atoms with Crippen molar-refractivity contribution >= 4 is 16.9 Å². The van der Waals surface area contributed by atoms with Gasteiger partial charge in [0, 0.05) is 30.5 Å². The zero-order valence-corrected chi connectivity index (χ0v) is 17.0. The molecule has 7 nitrogen and oxygen atoms in total. The van der Waals surface area contributed by atoms with Crippen LogP contribution in [-0.2, 0) is 6.54 Å². The number of nitrogens with zero attached hydrogens (tertiary/aromatic N) is 3. The summed E-state index contributed by atoms with van der Waals surface area (Å²) in [5.74, 6) is 0.774. The molecule has 7 heteroatoms. The highest BCUT2D eigenvalue weighted by Crippen LogP contribution is 2.17. The number of hydrogen-bond acceptors (Lipinski definition) is 4. The minimum atomic E-state index is -0.0740. The number of fused-ring (bicyclic) bond motifs is 1. The Morgan fingerprint density at radius 3 is 2.66 bits per heavy atom. The Morgan fingerprint density at radius 2 is 1.97 bits per heavy atom. The highest BCUT2D eigenvalue weighted by atomic mass is 16.5. The number of amides is 1.